The zero-order valence-electron chi connectivity index (χ0n) is 14.2. The first kappa shape index (κ1) is 18.4. The van der Waals surface area contributed by atoms with Crippen molar-refractivity contribution in [2.75, 3.05) is 6.61 Å². The number of benzene rings is 2. The molecule has 0 saturated carbocycles. The fraction of sp³-hybridized carbons (Fsp3) is 0.368. The molecule has 26 heavy (non-hydrogen) atoms. The minimum atomic E-state index is -1.15. The van der Waals surface area contributed by atoms with Gasteiger partial charge in [0, 0.05) is 4.91 Å². The molecule has 0 aliphatic carbocycles. The van der Waals surface area contributed by atoms with Gasteiger partial charge in [0.05, 0.1) is 32.0 Å². The van der Waals surface area contributed by atoms with E-state index < -0.39 is 24.5 Å². The molecular weight excluding hydrogens is 334 g/mol. The molecule has 2 aromatic carbocycles. The molecule has 4 atom stereocenters. The van der Waals surface area contributed by atoms with Gasteiger partial charge in [0.25, 0.3) is 0 Å². The quantitative estimate of drug-likeness (QED) is 0.468. The lowest BCUT2D eigenvalue weighted by Gasteiger charge is -2.38. The van der Waals surface area contributed by atoms with Crippen molar-refractivity contribution in [3.63, 3.8) is 0 Å². The van der Waals surface area contributed by atoms with Crippen molar-refractivity contribution in [1.29, 1.82) is 0 Å². The van der Waals surface area contributed by atoms with Gasteiger partial charge in [-0.05, 0) is 16.7 Å². The average molecular weight is 355 g/mol. The van der Waals surface area contributed by atoms with Crippen LogP contribution in [0.15, 0.2) is 65.8 Å². The van der Waals surface area contributed by atoms with Gasteiger partial charge in [-0.2, -0.15) is 0 Å². The summed E-state index contributed by atoms with van der Waals surface area (Å²) in [5.41, 5.74) is 10.8. The molecule has 1 aliphatic heterocycles. The van der Waals surface area contributed by atoms with E-state index in [4.69, 9.17) is 19.7 Å². The van der Waals surface area contributed by atoms with E-state index in [1.807, 2.05) is 60.7 Å². The lowest BCUT2D eigenvalue weighted by molar-refractivity contribution is -0.254. The maximum absolute atomic E-state index is 10.2. The van der Waals surface area contributed by atoms with E-state index in [1.54, 1.807) is 0 Å². The van der Waals surface area contributed by atoms with E-state index >= 15 is 0 Å². The monoisotopic (exact) mass is 355 g/mol. The fourth-order valence-corrected chi connectivity index (χ4v) is 2.85. The van der Waals surface area contributed by atoms with Crippen LogP contribution >= 0.6 is 0 Å². The van der Waals surface area contributed by atoms with Gasteiger partial charge in [-0.3, -0.25) is 0 Å². The van der Waals surface area contributed by atoms with Crippen LogP contribution in [0.1, 0.15) is 11.1 Å². The van der Waals surface area contributed by atoms with Crippen molar-refractivity contribution in [3.05, 3.63) is 82.2 Å². The van der Waals surface area contributed by atoms with Crippen LogP contribution in [0, 0.1) is 0 Å². The minimum absolute atomic E-state index is 0.0792. The van der Waals surface area contributed by atoms with E-state index in [9.17, 15) is 5.11 Å². The van der Waals surface area contributed by atoms with Gasteiger partial charge in [-0.25, -0.2) is 0 Å². The molecule has 1 unspecified atom stereocenters. The van der Waals surface area contributed by atoms with Gasteiger partial charge < -0.3 is 19.3 Å². The lowest BCUT2D eigenvalue weighted by atomic mass is 10.0. The Kier molecular flexibility index (Phi) is 6.60. The highest BCUT2D eigenvalue weighted by Crippen LogP contribution is 2.24. The Morgan fingerprint density at radius 3 is 2.04 bits per heavy atom. The van der Waals surface area contributed by atoms with Gasteiger partial charge in [0.2, 0.25) is 0 Å². The second-order valence-electron chi connectivity index (χ2n) is 6.02. The number of azide groups is 1. The van der Waals surface area contributed by atoms with E-state index in [1.165, 1.54) is 0 Å². The summed E-state index contributed by atoms with van der Waals surface area (Å²) in [7, 11) is 0. The smallest absolute Gasteiger partial charge is 0.183 e. The van der Waals surface area contributed by atoms with Gasteiger partial charge in [-0.1, -0.05) is 65.8 Å². The molecule has 0 spiro atoms. The van der Waals surface area contributed by atoms with Crippen molar-refractivity contribution in [2.24, 2.45) is 5.11 Å². The third-order valence-electron chi connectivity index (χ3n) is 4.19. The molecule has 0 bridgehead atoms. The third kappa shape index (κ3) is 4.82. The number of nitrogens with zero attached hydrogens (tertiary/aromatic N) is 3. The fourth-order valence-electron chi connectivity index (χ4n) is 2.85. The largest absolute Gasteiger partial charge is 0.370 e. The Labute approximate surface area is 151 Å². The van der Waals surface area contributed by atoms with Crippen LogP contribution in [-0.2, 0) is 27.4 Å². The Morgan fingerprint density at radius 1 is 0.962 bits per heavy atom. The summed E-state index contributed by atoms with van der Waals surface area (Å²) in [5, 5.41) is 14.0. The maximum atomic E-state index is 10.2. The summed E-state index contributed by atoms with van der Waals surface area (Å²) >= 11 is 0. The maximum Gasteiger partial charge on any atom is 0.183 e. The van der Waals surface area contributed by atoms with Gasteiger partial charge in [-0.15, -0.1) is 0 Å². The Bertz CT molecular complexity index is 722. The summed E-state index contributed by atoms with van der Waals surface area (Å²) in [4.78, 5) is 2.87. The molecule has 0 aromatic heterocycles. The summed E-state index contributed by atoms with van der Waals surface area (Å²) in [5.74, 6) is 0. The predicted octanol–water partition coefficient (Wildman–Crippen LogP) is 3.18. The first-order valence-corrected chi connectivity index (χ1v) is 8.43. The summed E-state index contributed by atoms with van der Waals surface area (Å²) in [6.07, 6.45) is -2.52. The summed E-state index contributed by atoms with van der Waals surface area (Å²) in [6.45, 7) is 0.691. The standard InChI is InChI=1S/C19H21N3O4/c20-22-21-16-13-26-19(23)18(25-12-15-9-5-2-6-10-15)17(16)24-11-14-7-3-1-4-8-14/h1-10,16-19,23H,11-13H2/t16-,17+,18-,19?/m0/s1. The number of ether oxygens (including phenoxy) is 3. The van der Waals surface area contributed by atoms with Crippen molar-refractivity contribution in [2.45, 2.75) is 37.8 Å². The van der Waals surface area contributed by atoms with E-state index in [0.717, 1.165) is 11.1 Å². The van der Waals surface area contributed by atoms with Gasteiger partial charge in [0.15, 0.2) is 6.29 Å². The van der Waals surface area contributed by atoms with E-state index in [-0.39, 0.29) is 6.61 Å². The molecule has 2 aromatic rings. The number of hydrogen-bond donors (Lipinski definition) is 1. The van der Waals surface area contributed by atoms with Crippen LogP contribution in [0.4, 0.5) is 0 Å². The summed E-state index contributed by atoms with van der Waals surface area (Å²) in [6, 6.07) is 18.7. The highest BCUT2D eigenvalue weighted by molar-refractivity contribution is 5.14. The summed E-state index contributed by atoms with van der Waals surface area (Å²) < 4.78 is 17.2. The third-order valence-corrected chi connectivity index (χ3v) is 4.19. The van der Waals surface area contributed by atoms with Crippen LogP contribution in [0.5, 0.6) is 0 Å². The van der Waals surface area contributed by atoms with Crippen LogP contribution < -0.4 is 0 Å². The second kappa shape index (κ2) is 9.33. The second-order valence-corrected chi connectivity index (χ2v) is 6.02. The molecule has 0 radical (unpaired) electrons. The van der Waals surface area contributed by atoms with Gasteiger partial charge in [0.1, 0.15) is 6.10 Å². The number of aliphatic hydroxyl groups is 1. The van der Waals surface area contributed by atoms with E-state index in [0.29, 0.717) is 13.2 Å². The molecule has 1 fully saturated rings. The molecule has 136 valence electrons. The molecule has 1 N–H and O–H groups in total. The topological polar surface area (TPSA) is 96.7 Å². The Hall–Kier alpha value is -2.41. The molecule has 1 heterocycles. The SMILES string of the molecule is [N-]=[N+]=N[C@H]1COC(O)[C@@H](OCc2ccccc2)[C@@H]1OCc1ccccc1. The van der Waals surface area contributed by atoms with Crippen molar-refractivity contribution in [3.8, 4) is 0 Å². The van der Waals surface area contributed by atoms with Crippen molar-refractivity contribution >= 4 is 0 Å². The first-order chi connectivity index (χ1) is 12.8. The zero-order chi connectivity index (χ0) is 18.2. The number of hydrogen-bond acceptors (Lipinski definition) is 5. The highest BCUT2D eigenvalue weighted by Gasteiger charge is 2.41. The Balaban J connectivity index is 1.71. The first-order valence-electron chi connectivity index (χ1n) is 8.43. The normalized spacial score (nSPS) is 25.4. The lowest BCUT2D eigenvalue weighted by Crippen LogP contribution is -2.54. The predicted molar refractivity (Wildman–Crippen MR) is 94.9 cm³/mol. The van der Waals surface area contributed by atoms with E-state index in [2.05, 4.69) is 10.0 Å². The number of aliphatic hydroxyl groups excluding tert-OH is 1. The van der Waals surface area contributed by atoms with Crippen molar-refractivity contribution in [1.82, 2.24) is 0 Å². The van der Waals surface area contributed by atoms with Crippen LogP contribution in [0.3, 0.4) is 0 Å². The molecular formula is C19H21N3O4. The highest BCUT2D eigenvalue weighted by atomic mass is 16.6. The molecule has 3 rings (SSSR count). The Morgan fingerprint density at radius 2 is 1.50 bits per heavy atom. The van der Waals surface area contributed by atoms with Gasteiger partial charge >= 0.3 is 0 Å². The average Bonchev–Trinajstić information content (AvgIpc) is 2.69. The molecule has 7 nitrogen and oxygen atoms in total. The molecule has 7 heteroatoms. The van der Waals surface area contributed by atoms with Crippen LogP contribution in [0.25, 0.3) is 10.4 Å². The van der Waals surface area contributed by atoms with Crippen LogP contribution in [-0.4, -0.2) is 36.3 Å². The number of rotatable bonds is 7. The van der Waals surface area contributed by atoms with Crippen LogP contribution in [0.2, 0.25) is 0 Å². The molecule has 1 saturated heterocycles. The minimum Gasteiger partial charge on any atom is -0.370 e. The van der Waals surface area contributed by atoms with Crippen molar-refractivity contribution < 1.29 is 19.3 Å². The molecule has 1 aliphatic rings. The molecule has 0 amide bonds. The zero-order valence-corrected chi connectivity index (χ0v) is 14.2.